The minimum Gasteiger partial charge on any atom is -0.469 e. The fourth-order valence-electron chi connectivity index (χ4n) is 1.37. The number of ether oxygens (including phenoxy) is 2. The van der Waals surface area contributed by atoms with Gasteiger partial charge in [0.25, 0.3) is 0 Å². The summed E-state index contributed by atoms with van der Waals surface area (Å²) in [5, 5.41) is 0. The van der Waals surface area contributed by atoms with E-state index in [0.29, 0.717) is 25.6 Å². The summed E-state index contributed by atoms with van der Waals surface area (Å²) < 4.78 is 15.5. The quantitative estimate of drug-likeness (QED) is 0.717. The lowest BCUT2D eigenvalue weighted by atomic mass is 10.1. The van der Waals surface area contributed by atoms with Gasteiger partial charge in [0, 0.05) is 0 Å². The molecule has 0 amide bonds. The predicted octanol–water partition coefficient (Wildman–Crippen LogP) is 0.807. The van der Waals surface area contributed by atoms with Gasteiger partial charge in [-0.3, -0.25) is 4.79 Å². The molecule has 76 valence electrons. The highest BCUT2D eigenvalue weighted by Crippen LogP contribution is 2.08. The first kappa shape index (κ1) is 9.43. The van der Waals surface area contributed by atoms with Crippen molar-refractivity contribution in [3.63, 3.8) is 0 Å². The molecule has 0 spiro atoms. The predicted molar refractivity (Wildman–Crippen MR) is 48.0 cm³/mol. The Bertz CT molecular complexity index is 285. The van der Waals surface area contributed by atoms with E-state index in [-0.39, 0.29) is 12.2 Å². The van der Waals surface area contributed by atoms with E-state index in [1.807, 2.05) is 0 Å². The minimum atomic E-state index is -0.422. The molecular formula is C10H12O4. The van der Waals surface area contributed by atoms with Crippen LogP contribution in [0.2, 0.25) is 0 Å². The molecule has 0 N–H and O–H groups in total. The Hall–Kier alpha value is -1.13. The molecule has 1 fully saturated rings. The van der Waals surface area contributed by atoms with E-state index in [4.69, 9.17) is 13.9 Å². The highest BCUT2D eigenvalue weighted by molar-refractivity contribution is 5.84. The number of carbonyl (C=O) groups excluding carboxylic acids is 1. The molecule has 1 unspecified atom stereocenters. The zero-order valence-corrected chi connectivity index (χ0v) is 7.77. The number of carbonyl (C=O) groups is 1. The van der Waals surface area contributed by atoms with Crippen LogP contribution in [0.4, 0.5) is 0 Å². The van der Waals surface area contributed by atoms with Gasteiger partial charge in [-0.1, -0.05) is 0 Å². The van der Waals surface area contributed by atoms with Crippen LogP contribution >= 0.6 is 0 Å². The summed E-state index contributed by atoms with van der Waals surface area (Å²) in [5.41, 5.74) is 0. The van der Waals surface area contributed by atoms with Crippen molar-refractivity contribution in [3.05, 3.63) is 24.2 Å². The maximum atomic E-state index is 11.6. The number of rotatable bonds is 3. The largest absolute Gasteiger partial charge is 0.469 e. The van der Waals surface area contributed by atoms with Crippen LogP contribution in [0.25, 0.3) is 0 Å². The van der Waals surface area contributed by atoms with Gasteiger partial charge >= 0.3 is 0 Å². The van der Waals surface area contributed by atoms with Crippen LogP contribution in [-0.4, -0.2) is 31.7 Å². The van der Waals surface area contributed by atoms with Gasteiger partial charge < -0.3 is 13.9 Å². The fraction of sp³-hybridized carbons (Fsp3) is 0.500. The molecule has 0 radical (unpaired) electrons. The summed E-state index contributed by atoms with van der Waals surface area (Å²) in [4.78, 5) is 11.6. The summed E-state index contributed by atoms with van der Waals surface area (Å²) in [6.07, 6.45) is 1.41. The van der Waals surface area contributed by atoms with E-state index in [2.05, 4.69) is 0 Å². The molecule has 1 saturated heterocycles. The Balaban J connectivity index is 1.88. The maximum absolute atomic E-state index is 11.6. The van der Waals surface area contributed by atoms with E-state index < -0.39 is 6.10 Å². The molecule has 4 nitrogen and oxygen atoms in total. The van der Waals surface area contributed by atoms with Crippen LogP contribution in [0.1, 0.15) is 5.76 Å². The molecule has 1 aliphatic heterocycles. The van der Waals surface area contributed by atoms with Gasteiger partial charge in [0.2, 0.25) is 0 Å². The molecule has 0 bridgehead atoms. The SMILES string of the molecule is O=C(Cc1ccco1)C1COCCO1. The summed E-state index contributed by atoms with van der Waals surface area (Å²) in [6.45, 7) is 1.43. The van der Waals surface area contributed by atoms with E-state index in [1.54, 1.807) is 18.4 Å². The number of hydrogen-bond acceptors (Lipinski definition) is 4. The lowest BCUT2D eigenvalue weighted by Crippen LogP contribution is -2.36. The van der Waals surface area contributed by atoms with Crippen molar-refractivity contribution in [2.45, 2.75) is 12.5 Å². The van der Waals surface area contributed by atoms with Gasteiger partial charge in [-0.2, -0.15) is 0 Å². The topological polar surface area (TPSA) is 48.7 Å². The molecule has 1 aromatic heterocycles. The highest BCUT2D eigenvalue weighted by atomic mass is 16.6. The molecule has 2 heterocycles. The molecular weight excluding hydrogens is 184 g/mol. The van der Waals surface area contributed by atoms with Crippen LogP contribution in [-0.2, 0) is 20.7 Å². The fourth-order valence-corrected chi connectivity index (χ4v) is 1.37. The van der Waals surface area contributed by atoms with E-state index in [1.165, 1.54) is 0 Å². The zero-order valence-electron chi connectivity index (χ0n) is 7.77. The number of hydrogen-bond donors (Lipinski definition) is 0. The van der Waals surface area contributed by atoms with Crippen molar-refractivity contribution in [2.75, 3.05) is 19.8 Å². The second kappa shape index (κ2) is 4.39. The second-order valence-corrected chi connectivity index (χ2v) is 3.16. The van der Waals surface area contributed by atoms with Crippen LogP contribution < -0.4 is 0 Å². The van der Waals surface area contributed by atoms with Crippen molar-refractivity contribution < 1.29 is 18.7 Å². The summed E-state index contributed by atoms with van der Waals surface area (Å²) in [7, 11) is 0. The van der Waals surface area contributed by atoms with Crippen molar-refractivity contribution in [1.29, 1.82) is 0 Å². The van der Waals surface area contributed by atoms with Crippen molar-refractivity contribution >= 4 is 5.78 Å². The van der Waals surface area contributed by atoms with Gasteiger partial charge in [-0.25, -0.2) is 0 Å². The first-order valence-electron chi connectivity index (χ1n) is 4.61. The average molecular weight is 196 g/mol. The molecule has 4 heteroatoms. The molecule has 14 heavy (non-hydrogen) atoms. The van der Waals surface area contributed by atoms with Gasteiger partial charge in [0.05, 0.1) is 32.5 Å². The van der Waals surface area contributed by atoms with E-state index >= 15 is 0 Å². The second-order valence-electron chi connectivity index (χ2n) is 3.16. The summed E-state index contributed by atoms with van der Waals surface area (Å²) in [6, 6.07) is 3.54. The number of Topliss-reactive ketones (excluding diaryl/α,β-unsaturated/α-hetero) is 1. The lowest BCUT2D eigenvalue weighted by molar-refractivity contribution is -0.144. The first-order chi connectivity index (χ1) is 6.86. The third kappa shape index (κ3) is 2.21. The van der Waals surface area contributed by atoms with Crippen LogP contribution in [0, 0.1) is 0 Å². The first-order valence-corrected chi connectivity index (χ1v) is 4.61. The Kier molecular flexibility index (Phi) is 2.96. The molecule has 1 atom stereocenters. The summed E-state index contributed by atoms with van der Waals surface area (Å²) in [5.74, 6) is 0.684. The number of ketones is 1. The minimum absolute atomic E-state index is 0.0136. The van der Waals surface area contributed by atoms with Gasteiger partial charge in [0.15, 0.2) is 5.78 Å². The smallest absolute Gasteiger partial charge is 0.171 e. The van der Waals surface area contributed by atoms with Crippen molar-refractivity contribution in [1.82, 2.24) is 0 Å². The van der Waals surface area contributed by atoms with E-state index in [9.17, 15) is 4.79 Å². The average Bonchev–Trinajstić information content (AvgIpc) is 2.72. The molecule has 1 aliphatic rings. The Morgan fingerprint density at radius 3 is 3.07 bits per heavy atom. The van der Waals surface area contributed by atoms with E-state index in [0.717, 1.165) is 0 Å². The number of furan rings is 1. The molecule has 0 saturated carbocycles. The van der Waals surface area contributed by atoms with Gasteiger partial charge in [-0.05, 0) is 12.1 Å². The normalized spacial score (nSPS) is 22.1. The molecule has 2 rings (SSSR count). The van der Waals surface area contributed by atoms with Crippen LogP contribution in [0.3, 0.4) is 0 Å². The van der Waals surface area contributed by atoms with Crippen LogP contribution in [0.5, 0.6) is 0 Å². The summed E-state index contributed by atoms with van der Waals surface area (Å²) >= 11 is 0. The van der Waals surface area contributed by atoms with Crippen molar-refractivity contribution in [3.8, 4) is 0 Å². The Labute approximate surface area is 81.8 Å². The molecule has 0 aliphatic carbocycles. The van der Waals surface area contributed by atoms with Crippen LogP contribution in [0.15, 0.2) is 22.8 Å². The Morgan fingerprint density at radius 1 is 1.50 bits per heavy atom. The third-order valence-electron chi connectivity index (χ3n) is 2.10. The molecule has 1 aromatic rings. The van der Waals surface area contributed by atoms with Crippen molar-refractivity contribution in [2.24, 2.45) is 0 Å². The monoisotopic (exact) mass is 196 g/mol. The Morgan fingerprint density at radius 2 is 2.43 bits per heavy atom. The van der Waals surface area contributed by atoms with Gasteiger partial charge in [0.1, 0.15) is 11.9 Å². The highest BCUT2D eigenvalue weighted by Gasteiger charge is 2.23. The maximum Gasteiger partial charge on any atom is 0.171 e. The standard InChI is InChI=1S/C10H12O4/c11-9(6-8-2-1-3-13-8)10-7-12-4-5-14-10/h1-3,10H,4-7H2. The zero-order chi connectivity index (χ0) is 9.80. The lowest BCUT2D eigenvalue weighted by Gasteiger charge is -2.21. The third-order valence-corrected chi connectivity index (χ3v) is 2.10. The molecule has 0 aromatic carbocycles. The van der Waals surface area contributed by atoms with Gasteiger partial charge in [-0.15, -0.1) is 0 Å².